The molecule has 1 fully saturated rings. The van der Waals surface area contributed by atoms with E-state index in [4.69, 9.17) is 29.4 Å². The summed E-state index contributed by atoms with van der Waals surface area (Å²) in [6, 6.07) is 15.2. The molecule has 0 unspecified atom stereocenters. The number of amides is 1. The molecule has 42 heavy (non-hydrogen) atoms. The zero-order valence-electron chi connectivity index (χ0n) is 25.5. The van der Waals surface area contributed by atoms with Gasteiger partial charge in [-0.3, -0.25) is 4.79 Å². The minimum Gasteiger partial charge on any atom is -0.490 e. The van der Waals surface area contributed by atoms with Gasteiger partial charge < -0.3 is 39.6 Å². The fourth-order valence-corrected chi connectivity index (χ4v) is 5.94. The van der Waals surface area contributed by atoms with E-state index in [1.165, 1.54) is 5.56 Å². The van der Waals surface area contributed by atoms with Crippen molar-refractivity contribution in [2.24, 2.45) is 11.7 Å². The van der Waals surface area contributed by atoms with Gasteiger partial charge in [0.15, 0.2) is 0 Å². The lowest BCUT2D eigenvalue weighted by molar-refractivity contribution is -0.122. The first kappa shape index (κ1) is 32.2. The maximum absolute atomic E-state index is 12.0. The first-order chi connectivity index (χ1) is 20.5. The van der Waals surface area contributed by atoms with E-state index >= 15 is 0 Å². The normalized spacial score (nSPS) is 21.0. The number of methoxy groups -OCH3 is 2. The van der Waals surface area contributed by atoms with Crippen LogP contribution in [0.4, 0.5) is 5.69 Å². The smallest absolute Gasteiger partial charge is 0.220 e. The Morgan fingerprint density at radius 2 is 1.86 bits per heavy atom. The summed E-state index contributed by atoms with van der Waals surface area (Å²) in [6.45, 7) is 8.20. The standard InChI is InChI=1S/C33H49N3O6/c1-4-26(33(34)37)19-28-20-29(27-9-6-24(7-10-27)22-40-17-16-39-3)32(21-35-28)42-23-25-8-11-31-30(18-25)36(13-15-41-31)12-5-14-38-2/h6-11,18,26,28-29,32,35H,4-5,12-17,19-23H2,1-3H3,(H2,34,37)/t26-,28+,29+,32-/m0/s1. The zero-order valence-corrected chi connectivity index (χ0v) is 25.5. The van der Waals surface area contributed by atoms with Gasteiger partial charge in [0.05, 0.1) is 44.8 Å². The zero-order chi connectivity index (χ0) is 29.7. The maximum Gasteiger partial charge on any atom is 0.220 e. The summed E-state index contributed by atoms with van der Waals surface area (Å²) >= 11 is 0. The van der Waals surface area contributed by atoms with Gasteiger partial charge in [-0.25, -0.2) is 0 Å². The van der Waals surface area contributed by atoms with E-state index in [-0.39, 0.29) is 29.9 Å². The molecule has 2 heterocycles. The van der Waals surface area contributed by atoms with Gasteiger partial charge in [0, 0.05) is 51.8 Å². The molecule has 1 amide bonds. The molecule has 9 nitrogen and oxygen atoms in total. The Balaban J connectivity index is 1.45. The summed E-state index contributed by atoms with van der Waals surface area (Å²) in [7, 11) is 3.42. The number of hydrogen-bond acceptors (Lipinski definition) is 8. The molecule has 0 aliphatic carbocycles. The molecule has 1 saturated heterocycles. The molecule has 3 N–H and O–H groups in total. The van der Waals surface area contributed by atoms with Crippen LogP contribution in [0.5, 0.6) is 5.75 Å². The first-order valence-corrected chi connectivity index (χ1v) is 15.3. The van der Waals surface area contributed by atoms with Crippen molar-refractivity contribution in [3.63, 3.8) is 0 Å². The highest BCUT2D eigenvalue weighted by Gasteiger charge is 2.34. The van der Waals surface area contributed by atoms with Crippen molar-refractivity contribution in [2.45, 2.75) is 63.9 Å². The van der Waals surface area contributed by atoms with Crippen molar-refractivity contribution >= 4 is 11.6 Å². The van der Waals surface area contributed by atoms with Crippen LogP contribution in [0, 0.1) is 5.92 Å². The minimum absolute atomic E-state index is 0.0104. The predicted octanol–water partition coefficient (Wildman–Crippen LogP) is 4.02. The summed E-state index contributed by atoms with van der Waals surface area (Å²) in [5, 5.41) is 3.66. The van der Waals surface area contributed by atoms with Gasteiger partial charge in [-0.2, -0.15) is 0 Å². The summed E-state index contributed by atoms with van der Waals surface area (Å²) in [5.41, 5.74) is 10.3. The highest BCUT2D eigenvalue weighted by Crippen LogP contribution is 2.35. The van der Waals surface area contributed by atoms with Gasteiger partial charge in [0.25, 0.3) is 0 Å². The molecule has 0 bridgehead atoms. The van der Waals surface area contributed by atoms with Crippen molar-refractivity contribution < 1.29 is 28.5 Å². The molecule has 0 saturated carbocycles. The van der Waals surface area contributed by atoms with Crippen LogP contribution in [0.1, 0.15) is 55.2 Å². The Labute approximate surface area is 251 Å². The minimum atomic E-state index is -0.222. The van der Waals surface area contributed by atoms with Crippen LogP contribution in [-0.4, -0.2) is 78.3 Å². The molecule has 4 rings (SSSR count). The fraction of sp³-hybridized carbons (Fsp3) is 0.606. The lowest BCUT2D eigenvalue weighted by Crippen LogP contribution is -2.48. The number of ether oxygens (including phenoxy) is 5. The number of carbonyl (C=O) groups excluding carboxylic acids is 1. The number of benzene rings is 2. The predicted molar refractivity (Wildman–Crippen MR) is 164 cm³/mol. The average Bonchev–Trinajstić information content (AvgIpc) is 3.01. The second-order valence-electron chi connectivity index (χ2n) is 11.3. The molecule has 2 aliphatic heterocycles. The van der Waals surface area contributed by atoms with Crippen LogP contribution in [0.25, 0.3) is 0 Å². The average molecular weight is 584 g/mol. The van der Waals surface area contributed by atoms with E-state index < -0.39 is 0 Å². The van der Waals surface area contributed by atoms with Crippen LogP contribution in [0.15, 0.2) is 42.5 Å². The molecule has 232 valence electrons. The van der Waals surface area contributed by atoms with Gasteiger partial charge in [0.1, 0.15) is 12.4 Å². The molecule has 2 aliphatic rings. The lowest BCUT2D eigenvalue weighted by atomic mass is 9.81. The van der Waals surface area contributed by atoms with Crippen LogP contribution in [-0.2, 0) is 37.0 Å². The highest BCUT2D eigenvalue weighted by molar-refractivity contribution is 5.76. The number of fused-ring (bicyclic) bond motifs is 1. The Hall–Kier alpha value is -2.69. The number of nitrogens with two attached hydrogens (primary N) is 1. The fourth-order valence-electron chi connectivity index (χ4n) is 5.94. The number of anilines is 1. The van der Waals surface area contributed by atoms with Crippen molar-refractivity contribution in [2.75, 3.05) is 65.2 Å². The number of nitrogens with one attached hydrogen (secondary N) is 1. The highest BCUT2D eigenvalue weighted by atomic mass is 16.5. The molecule has 2 aromatic rings. The Kier molecular flexibility index (Phi) is 12.9. The van der Waals surface area contributed by atoms with Crippen LogP contribution >= 0.6 is 0 Å². The number of rotatable bonds is 17. The molecule has 0 radical (unpaired) electrons. The summed E-state index contributed by atoms with van der Waals surface area (Å²) in [4.78, 5) is 14.3. The van der Waals surface area contributed by atoms with Gasteiger partial charge >= 0.3 is 0 Å². The van der Waals surface area contributed by atoms with Gasteiger partial charge in [0.2, 0.25) is 5.91 Å². The third-order valence-electron chi connectivity index (χ3n) is 8.39. The number of hydrogen-bond donors (Lipinski definition) is 2. The van der Waals surface area contributed by atoms with Crippen LogP contribution in [0.3, 0.4) is 0 Å². The van der Waals surface area contributed by atoms with Gasteiger partial charge in [-0.1, -0.05) is 37.3 Å². The Bertz CT molecular complexity index is 1100. The SMILES string of the molecule is CC[C@@H](C[C@@H]1C[C@H](c2ccc(COCCOC)cc2)[C@@H](OCc2ccc3c(c2)N(CCCOC)CCO3)CN1)C(N)=O. The molecule has 0 spiro atoms. The number of nitrogens with zero attached hydrogens (tertiary/aromatic N) is 1. The van der Waals surface area contributed by atoms with Crippen molar-refractivity contribution in [3.05, 3.63) is 59.2 Å². The monoisotopic (exact) mass is 583 g/mol. The van der Waals surface area contributed by atoms with E-state index in [1.54, 1.807) is 14.2 Å². The number of primary amides is 1. The van der Waals surface area contributed by atoms with E-state index in [0.29, 0.717) is 39.6 Å². The van der Waals surface area contributed by atoms with Crippen molar-refractivity contribution in [1.29, 1.82) is 0 Å². The summed E-state index contributed by atoms with van der Waals surface area (Å²) in [5.74, 6) is 0.766. The van der Waals surface area contributed by atoms with Gasteiger partial charge in [-0.05, 0) is 54.5 Å². The Morgan fingerprint density at radius 3 is 2.60 bits per heavy atom. The molecule has 4 atom stereocenters. The topological polar surface area (TPSA) is 105 Å². The second kappa shape index (κ2) is 16.8. The van der Waals surface area contributed by atoms with Gasteiger partial charge in [-0.15, -0.1) is 0 Å². The second-order valence-corrected chi connectivity index (χ2v) is 11.3. The quantitative estimate of drug-likeness (QED) is 0.269. The van der Waals surface area contributed by atoms with Crippen molar-refractivity contribution in [1.82, 2.24) is 5.32 Å². The van der Waals surface area contributed by atoms with E-state index in [9.17, 15) is 4.79 Å². The molecular weight excluding hydrogens is 534 g/mol. The van der Waals surface area contributed by atoms with Crippen LogP contribution in [0.2, 0.25) is 0 Å². The molecule has 9 heteroatoms. The van der Waals surface area contributed by atoms with Crippen LogP contribution < -0.4 is 20.7 Å². The molecule has 2 aromatic carbocycles. The molecular formula is C33H49N3O6. The van der Waals surface area contributed by atoms with Crippen molar-refractivity contribution in [3.8, 4) is 5.75 Å². The maximum atomic E-state index is 12.0. The molecule has 0 aromatic heterocycles. The summed E-state index contributed by atoms with van der Waals surface area (Å²) in [6.07, 6.45) is 3.33. The first-order valence-electron chi connectivity index (χ1n) is 15.3. The largest absolute Gasteiger partial charge is 0.490 e. The van der Waals surface area contributed by atoms with E-state index in [0.717, 1.165) is 67.9 Å². The van der Waals surface area contributed by atoms with E-state index in [2.05, 4.69) is 52.7 Å². The third-order valence-corrected chi connectivity index (χ3v) is 8.39. The van der Waals surface area contributed by atoms with E-state index in [1.807, 2.05) is 6.92 Å². The Morgan fingerprint density at radius 1 is 1.07 bits per heavy atom. The number of piperidine rings is 1. The lowest BCUT2D eigenvalue weighted by Gasteiger charge is -2.38. The summed E-state index contributed by atoms with van der Waals surface area (Å²) < 4.78 is 28.6. The third kappa shape index (κ3) is 9.15. The number of carbonyl (C=O) groups is 1.